The first-order valence-electron chi connectivity index (χ1n) is 13.4. The Morgan fingerprint density at radius 1 is 1.08 bits per heavy atom. The first kappa shape index (κ1) is 28.6. The van der Waals surface area contributed by atoms with Crippen molar-refractivity contribution in [2.45, 2.75) is 71.1 Å². The van der Waals surface area contributed by atoms with E-state index in [1.807, 2.05) is 52.0 Å². The van der Waals surface area contributed by atoms with Crippen molar-refractivity contribution in [3.8, 4) is 11.5 Å². The topological polar surface area (TPSA) is 91.3 Å². The number of halogens is 2. The van der Waals surface area contributed by atoms with E-state index in [0.717, 1.165) is 24.2 Å². The van der Waals surface area contributed by atoms with Crippen LogP contribution in [0.3, 0.4) is 0 Å². The minimum atomic E-state index is -3.13. The Morgan fingerprint density at radius 3 is 2.08 bits per heavy atom. The molecule has 2 N–H and O–H groups in total. The van der Waals surface area contributed by atoms with Gasteiger partial charge in [0.15, 0.2) is 5.54 Å². The van der Waals surface area contributed by atoms with Gasteiger partial charge in [-0.3, -0.25) is 4.90 Å². The molecule has 0 bridgehead atoms. The third-order valence-electron chi connectivity index (χ3n) is 7.59. The van der Waals surface area contributed by atoms with Crippen molar-refractivity contribution < 1.29 is 33.0 Å². The van der Waals surface area contributed by atoms with Crippen molar-refractivity contribution in [2.24, 2.45) is 0 Å². The molecule has 212 valence electrons. The van der Waals surface area contributed by atoms with Crippen LogP contribution < -0.4 is 14.8 Å². The number of nitrogens with zero attached hydrogens (tertiary/aromatic N) is 2. The van der Waals surface area contributed by atoms with E-state index in [9.17, 15) is 23.5 Å². The fourth-order valence-electron chi connectivity index (χ4n) is 5.40. The SMILES string of the molecule is CCOc1cc([C@@H](C)N(CCN2Cc3ccccc3C2)C(=O)NC2(C(=O)O)CC(F)(F)C2)cc(OCC)c1C. The lowest BCUT2D eigenvalue weighted by Gasteiger charge is -2.45. The zero-order chi connectivity index (χ0) is 28.4. The van der Waals surface area contributed by atoms with Gasteiger partial charge in [-0.05, 0) is 56.5 Å². The highest BCUT2D eigenvalue weighted by atomic mass is 19.3. The first-order valence-corrected chi connectivity index (χ1v) is 13.4. The van der Waals surface area contributed by atoms with Crippen LogP contribution >= 0.6 is 0 Å². The highest BCUT2D eigenvalue weighted by Crippen LogP contribution is 2.46. The fraction of sp³-hybridized carbons (Fsp3) is 0.517. The smallest absolute Gasteiger partial charge is 0.329 e. The molecular weight excluding hydrogens is 508 g/mol. The molecule has 2 aliphatic rings. The van der Waals surface area contributed by atoms with Crippen molar-refractivity contribution in [2.75, 3.05) is 26.3 Å². The summed E-state index contributed by atoms with van der Waals surface area (Å²) in [4.78, 5) is 29.3. The lowest BCUT2D eigenvalue weighted by molar-refractivity contribution is -0.175. The van der Waals surface area contributed by atoms with Crippen LogP contribution in [0.4, 0.5) is 13.6 Å². The number of carboxylic acids is 1. The van der Waals surface area contributed by atoms with Gasteiger partial charge < -0.3 is 24.8 Å². The minimum Gasteiger partial charge on any atom is -0.493 e. The van der Waals surface area contributed by atoms with Gasteiger partial charge in [-0.1, -0.05) is 24.3 Å². The number of urea groups is 1. The average molecular weight is 546 g/mol. The highest BCUT2D eigenvalue weighted by Gasteiger charge is 2.62. The molecule has 10 heteroatoms. The third-order valence-corrected chi connectivity index (χ3v) is 7.59. The van der Waals surface area contributed by atoms with Crippen molar-refractivity contribution in [3.05, 3.63) is 58.7 Å². The number of nitrogens with one attached hydrogen (secondary N) is 1. The summed E-state index contributed by atoms with van der Waals surface area (Å²) in [5.74, 6) is -3.33. The van der Waals surface area contributed by atoms with E-state index < -0.39 is 42.3 Å². The van der Waals surface area contributed by atoms with Crippen LogP contribution in [0.5, 0.6) is 11.5 Å². The van der Waals surface area contributed by atoms with Gasteiger partial charge in [0, 0.05) is 44.6 Å². The van der Waals surface area contributed by atoms with E-state index in [2.05, 4.69) is 22.3 Å². The average Bonchev–Trinajstić information content (AvgIpc) is 3.28. The van der Waals surface area contributed by atoms with Crippen LogP contribution in [0.25, 0.3) is 0 Å². The Labute approximate surface area is 227 Å². The lowest BCUT2D eigenvalue weighted by atomic mass is 9.73. The number of rotatable bonds is 11. The molecule has 8 nitrogen and oxygen atoms in total. The number of alkyl halides is 2. The van der Waals surface area contributed by atoms with Gasteiger partial charge in [-0.15, -0.1) is 0 Å². The zero-order valence-electron chi connectivity index (χ0n) is 22.9. The van der Waals surface area contributed by atoms with E-state index in [1.54, 1.807) is 0 Å². The second-order valence-corrected chi connectivity index (χ2v) is 10.4. The van der Waals surface area contributed by atoms with Crippen molar-refractivity contribution >= 4 is 12.0 Å². The van der Waals surface area contributed by atoms with Crippen LogP contribution in [0.2, 0.25) is 0 Å². The molecule has 2 aromatic rings. The predicted molar refractivity (Wildman–Crippen MR) is 142 cm³/mol. The summed E-state index contributed by atoms with van der Waals surface area (Å²) < 4.78 is 39.2. The molecule has 1 saturated carbocycles. The van der Waals surface area contributed by atoms with E-state index >= 15 is 0 Å². The predicted octanol–water partition coefficient (Wildman–Crippen LogP) is 5.13. The molecule has 2 aromatic carbocycles. The van der Waals surface area contributed by atoms with Crippen molar-refractivity contribution in [1.29, 1.82) is 0 Å². The van der Waals surface area contributed by atoms with Gasteiger partial charge in [0.2, 0.25) is 0 Å². The van der Waals surface area contributed by atoms with E-state index in [-0.39, 0.29) is 6.54 Å². The Hall–Kier alpha value is -3.40. The summed E-state index contributed by atoms with van der Waals surface area (Å²) in [6, 6.07) is 10.6. The Balaban J connectivity index is 1.60. The largest absolute Gasteiger partial charge is 0.493 e. The molecule has 0 unspecified atom stereocenters. The molecule has 2 amide bonds. The molecule has 1 heterocycles. The van der Waals surface area contributed by atoms with E-state index in [4.69, 9.17) is 9.47 Å². The summed E-state index contributed by atoms with van der Waals surface area (Å²) in [6.07, 6.45) is -1.86. The molecular formula is C29H37F2N3O5. The molecule has 0 saturated heterocycles. The molecule has 0 spiro atoms. The fourth-order valence-corrected chi connectivity index (χ4v) is 5.40. The maximum Gasteiger partial charge on any atom is 0.329 e. The van der Waals surface area contributed by atoms with Crippen LogP contribution in [-0.2, 0) is 17.9 Å². The van der Waals surface area contributed by atoms with Crippen LogP contribution in [-0.4, -0.2) is 64.7 Å². The lowest BCUT2D eigenvalue weighted by Crippen LogP contribution is -2.68. The molecule has 39 heavy (non-hydrogen) atoms. The third kappa shape index (κ3) is 6.11. The van der Waals surface area contributed by atoms with Gasteiger partial charge in [-0.25, -0.2) is 18.4 Å². The number of fused-ring (bicyclic) bond motifs is 1. The monoisotopic (exact) mass is 545 g/mol. The van der Waals surface area contributed by atoms with Crippen LogP contribution in [0.1, 0.15) is 61.9 Å². The number of ether oxygens (including phenoxy) is 2. The van der Waals surface area contributed by atoms with Gasteiger partial charge in [-0.2, -0.15) is 0 Å². The molecule has 4 rings (SSSR count). The van der Waals surface area contributed by atoms with Gasteiger partial charge in [0.25, 0.3) is 5.92 Å². The summed E-state index contributed by atoms with van der Waals surface area (Å²) in [6.45, 7) is 10.6. The zero-order valence-corrected chi connectivity index (χ0v) is 22.9. The maximum atomic E-state index is 13.8. The number of carboxylic acid groups (broad SMARTS) is 1. The summed E-state index contributed by atoms with van der Waals surface area (Å²) in [5, 5.41) is 12.2. The highest BCUT2D eigenvalue weighted by molar-refractivity contribution is 5.88. The molecule has 1 aliphatic heterocycles. The second kappa shape index (κ2) is 11.4. The van der Waals surface area contributed by atoms with Crippen molar-refractivity contribution in [1.82, 2.24) is 15.1 Å². The minimum absolute atomic E-state index is 0.259. The maximum absolute atomic E-state index is 13.8. The molecule has 1 fully saturated rings. The molecule has 0 radical (unpaired) electrons. The number of hydrogen-bond acceptors (Lipinski definition) is 5. The normalized spacial score (nSPS) is 18.0. The number of amides is 2. The molecule has 0 aromatic heterocycles. The number of carbonyl (C=O) groups is 2. The summed E-state index contributed by atoms with van der Waals surface area (Å²) >= 11 is 0. The molecule has 1 atom stereocenters. The molecule has 1 aliphatic carbocycles. The van der Waals surface area contributed by atoms with Gasteiger partial charge in [0.1, 0.15) is 11.5 Å². The first-order chi connectivity index (χ1) is 18.5. The standard InChI is InChI=1S/C29H37F2N3O5/c1-5-38-24-13-23(14-25(19(24)3)39-6-2)20(4)34(12-11-33-15-21-9-7-8-10-22(21)16-33)27(37)32-28(26(35)36)17-29(30,31)18-28/h7-10,13-14,20H,5-6,11-12,15-18H2,1-4H3,(H,32,37)(H,35,36)/t20-/m1/s1. The quantitative estimate of drug-likeness (QED) is 0.407. The number of benzene rings is 2. The van der Waals surface area contributed by atoms with Crippen LogP contribution in [0.15, 0.2) is 36.4 Å². The Morgan fingerprint density at radius 2 is 1.62 bits per heavy atom. The Bertz CT molecular complexity index is 1160. The van der Waals surface area contributed by atoms with Gasteiger partial charge in [0.05, 0.1) is 19.3 Å². The van der Waals surface area contributed by atoms with E-state index in [1.165, 1.54) is 16.0 Å². The second-order valence-electron chi connectivity index (χ2n) is 10.4. The Kier molecular flexibility index (Phi) is 8.34. The number of hydrogen-bond donors (Lipinski definition) is 2. The van der Waals surface area contributed by atoms with Gasteiger partial charge >= 0.3 is 12.0 Å². The summed E-state index contributed by atoms with van der Waals surface area (Å²) in [7, 11) is 0. The number of carbonyl (C=O) groups excluding carboxylic acids is 1. The summed E-state index contributed by atoms with van der Waals surface area (Å²) in [5.41, 5.74) is 2.02. The van der Waals surface area contributed by atoms with Crippen molar-refractivity contribution in [3.63, 3.8) is 0 Å². The van der Waals surface area contributed by atoms with E-state index in [0.29, 0.717) is 31.3 Å². The van der Waals surface area contributed by atoms with Crippen LogP contribution in [0, 0.1) is 6.92 Å². The number of aliphatic carboxylic acids is 1.